The number of hydrogen-bond acceptors (Lipinski definition) is 5. The summed E-state index contributed by atoms with van der Waals surface area (Å²) in [6.07, 6.45) is 3.16. The van der Waals surface area contributed by atoms with Crippen LogP contribution in [0.1, 0.15) is 20.8 Å². The van der Waals surface area contributed by atoms with E-state index in [-0.39, 0.29) is 23.1 Å². The molecule has 0 unspecified atom stereocenters. The van der Waals surface area contributed by atoms with E-state index in [0.29, 0.717) is 31.7 Å². The minimum atomic E-state index is -0.352. The zero-order chi connectivity index (χ0) is 16.2. The Kier molecular flexibility index (Phi) is 4.13. The van der Waals surface area contributed by atoms with Crippen LogP contribution >= 0.6 is 0 Å². The van der Waals surface area contributed by atoms with Crippen molar-refractivity contribution in [2.45, 2.75) is 0 Å². The van der Waals surface area contributed by atoms with Gasteiger partial charge in [-0.25, -0.2) is 5.10 Å². The van der Waals surface area contributed by atoms with E-state index in [1.165, 1.54) is 12.1 Å². The van der Waals surface area contributed by atoms with E-state index in [1.54, 1.807) is 34.3 Å². The molecule has 0 spiro atoms. The Morgan fingerprint density at radius 3 is 2.09 bits per heavy atom. The van der Waals surface area contributed by atoms with Crippen LogP contribution < -0.4 is 5.56 Å². The second kappa shape index (κ2) is 6.39. The molecule has 118 valence electrons. The first kappa shape index (κ1) is 14.9. The van der Waals surface area contributed by atoms with Gasteiger partial charge in [0, 0.05) is 50.2 Å². The van der Waals surface area contributed by atoms with E-state index in [0.717, 1.165) is 0 Å². The molecule has 0 radical (unpaired) electrons. The maximum absolute atomic E-state index is 12.3. The summed E-state index contributed by atoms with van der Waals surface area (Å²) in [4.78, 5) is 42.8. The van der Waals surface area contributed by atoms with Crippen LogP contribution in [0.3, 0.4) is 0 Å². The number of nitrogens with one attached hydrogen (secondary N) is 1. The molecule has 0 aromatic carbocycles. The summed E-state index contributed by atoms with van der Waals surface area (Å²) in [6, 6.07) is 6.01. The number of amides is 2. The number of nitrogens with zero attached hydrogens (tertiary/aromatic N) is 4. The highest BCUT2D eigenvalue weighted by Crippen LogP contribution is 2.10. The van der Waals surface area contributed by atoms with Crippen LogP contribution in [0.25, 0.3) is 0 Å². The SMILES string of the molecule is O=C(c1ccncc1)N1CCN(C(=O)c2ccc(=O)[nH]n2)CC1. The molecule has 0 bridgehead atoms. The summed E-state index contributed by atoms with van der Waals surface area (Å²) in [5.41, 5.74) is 0.426. The van der Waals surface area contributed by atoms with Crippen LogP contribution in [0.4, 0.5) is 0 Å². The molecule has 0 saturated carbocycles. The lowest BCUT2D eigenvalue weighted by Gasteiger charge is -2.34. The number of aromatic nitrogens is 3. The van der Waals surface area contributed by atoms with Gasteiger partial charge in [-0.05, 0) is 18.2 Å². The molecule has 8 heteroatoms. The molecule has 2 aromatic rings. The fourth-order valence-electron chi connectivity index (χ4n) is 2.42. The summed E-state index contributed by atoms with van der Waals surface area (Å²) < 4.78 is 0. The third kappa shape index (κ3) is 3.25. The van der Waals surface area contributed by atoms with Gasteiger partial charge in [-0.15, -0.1) is 0 Å². The molecule has 1 aliphatic rings. The molecule has 1 N–H and O–H groups in total. The summed E-state index contributed by atoms with van der Waals surface area (Å²) in [7, 11) is 0. The van der Waals surface area contributed by atoms with Crippen LogP contribution in [-0.4, -0.2) is 63.0 Å². The smallest absolute Gasteiger partial charge is 0.274 e. The number of rotatable bonds is 2. The van der Waals surface area contributed by atoms with Crippen molar-refractivity contribution < 1.29 is 9.59 Å². The minimum absolute atomic E-state index is 0.0679. The van der Waals surface area contributed by atoms with E-state index >= 15 is 0 Å². The first-order chi connectivity index (χ1) is 11.1. The highest BCUT2D eigenvalue weighted by atomic mass is 16.2. The van der Waals surface area contributed by atoms with Gasteiger partial charge < -0.3 is 9.80 Å². The van der Waals surface area contributed by atoms with E-state index in [9.17, 15) is 14.4 Å². The second-order valence-electron chi connectivity index (χ2n) is 5.13. The quantitative estimate of drug-likeness (QED) is 0.825. The number of carbonyl (C=O) groups is 2. The molecule has 1 aliphatic heterocycles. The van der Waals surface area contributed by atoms with Crippen molar-refractivity contribution in [3.05, 3.63) is 58.3 Å². The number of piperazine rings is 1. The topological polar surface area (TPSA) is 99.3 Å². The maximum Gasteiger partial charge on any atom is 0.274 e. The van der Waals surface area contributed by atoms with Gasteiger partial charge in [0.05, 0.1) is 0 Å². The van der Waals surface area contributed by atoms with Crippen molar-refractivity contribution in [2.24, 2.45) is 0 Å². The Hall–Kier alpha value is -3.03. The average molecular weight is 313 g/mol. The summed E-state index contributed by atoms with van der Waals surface area (Å²) >= 11 is 0. The molecule has 2 amide bonds. The summed E-state index contributed by atoms with van der Waals surface area (Å²) in [5, 5.41) is 5.98. The van der Waals surface area contributed by atoms with Crippen LogP contribution in [0.15, 0.2) is 41.5 Å². The van der Waals surface area contributed by atoms with Crippen molar-refractivity contribution in [3.63, 3.8) is 0 Å². The highest BCUT2D eigenvalue weighted by molar-refractivity contribution is 5.95. The largest absolute Gasteiger partial charge is 0.335 e. The predicted octanol–water partition coefficient (Wildman–Crippen LogP) is -0.237. The zero-order valence-electron chi connectivity index (χ0n) is 12.3. The lowest BCUT2D eigenvalue weighted by molar-refractivity contribution is 0.0531. The van der Waals surface area contributed by atoms with Crippen LogP contribution in [0.5, 0.6) is 0 Å². The maximum atomic E-state index is 12.3. The van der Waals surface area contributed by atoms with Crippen molar-refractivity contribution in [2.75, 3.05) is 26.2 Å². The van der Waals surface area contributed by atoms with E-state index in [2.05, 4.69) is 15.2 Å². The van der Waals surface area contributed by atoms with Crippen molar-refractivity contribution >= 4 is 11.8 Å². The van der Waals surface area contributed by atoms with Crippen molar-refractivity contribution in [3.8, 4) is 0 Å². The molecule has 2 aromatic heterocycles. The first-order valence-electron chi connectivity index (χ1n) is 7.19. The van der Waals surface area contributed by atoms with Gasteiger partial charge in [0.25, 0.3) is 17.4 Å². The lowest BCUT2D eigenvalue weighted by atomic mass is 10.2. The molecule has 8 nitrogen and oxygen atoms in total. The number of H-pyrrole nitrogens is 1. The third-order valence-electron chi connectivity index (χ3n) is 3.68. The van der Waals surface area contributed by atoms with Gasteiger partial charge in [0.2, 0.25) is 0 Å². The van der Waals surface area contributed by atoms with Gasteiger partial charge in [0.1, 0.15) is 5.69 Å². The summed E-state index contributed by atoms with van der Waals surface area (Å²) in [6.45, 7) is 1.76. The normalized spacial score (nSPS) is 14.6. The molecule has 3 rings (SSSR count). The minimum Gasteiger partial charge on any atom is -0.335 e. The Morgan fingerprint density at radius 1 is 0.913 bits per heavy atom. The van der Waals surface area contributed by atoms with Crippen LogP contribution in [0, 0.1) is 0 Å². The number of carbonyl (C=O) groups excluding carboxylic acids is 2. The Bertz CT molecular complexity index is 746. The molecule has 23 heavy (non-hydrogen) atoms. The van der Waals surface area contributed by atoms with Gasteiger partial charge in [0.15, 0.2) is 0 Å². The Morgan fingerprint density at radius 2 is 1.52 bits per heavy atom. The number of aromatic amines is 1. The number of hydrogen-bond donors (Lipinski definition) is 1. The second-order valence-corrected chi connectivity index (χ2v) is 5.13. The molecular weight excluding hydrogens is 298 g/mol. The van der Waals surface area contributed by atoms with Crippen LogP contribution in [0.2, 0.25) is 0 Å². The summed E-state index contributed by atoms with van der Waals surface area (Å²) in [5.74, 6) is -0.320. The van der Waals surface area contributed by atoms with Crippen molar-refractivity contribution in [1.82, 2.24) is 25.0 Å². The van der Waals surface area contributed by atoms with Gasteiger partial charge >= 0.3 is 0 Å². The fourth-order valence-corrected chi connectivity index (χ4v) is 2.42. The van der Waals surface area contributed by atoms with E-state index in [4.69, 9.17) is 0 Å². The molecule has 0 atom stereocenters. The van der Waals surface area contributed by atoms with E-state index in [1.807, 2.05) is 0 Å². The van der Waals surface area contributed by atoms with E-state index < -0.39 is 0 Å². The van der Waals surface area contributed by atoms with Gasteiger partial charge in [-0.3, -0.25) is 19.4 Å². The molecule has 3 heterocycles. The monoisotopic (exact) mass is 313 g/mol. The average Bonchev–Trinajstić information content (AvgIpc) is 2.62. The zero-order valence-corrected chi connectivity index (χ0v) is 12.3. The predicted molar refractivity (Wildman–Crippen MR) is 80.9 cm³/mol. The van der Waals surface area contributed by atoms with Gasteiger partial charge in [-0.1, -0.05) is 0 Å². The standard InChI is InChI=1S/C15H15N5O3/c21-13-2-1-12(17-18-13)15(23)20-9-7-19(8-10-20)14(22)11-3-5-16-6-4-11/h1-6H,7-10H2,(H,18,21). The fraction of sp³-hybridized carbons (Fsp3) is 0.267. The molecule has 1 fully saturated rings. The first-order valence-corrected chi connectivity index (χ1v) is 7.19. The Balaban J connectivity index is 1.62. The Labute approximate surface area is 131 Å². The van der Waals surface area contributed by atoms with Crippen molar-refractivity contribution in [1.29, 1.82) is 0 Å². The lowest BCUT2D eigenvalue weighted by Crippen LogP contribution is -2.50. The van der Waals surface area contributed by atoms with Gasteiger partial charge in [-0.2, -0.15) is 5.10 Å². The third-order valence-corrected chi connectivity index (χ3v) is 3.68. The molecular formula is C15H15N5O3. The highest BCUT2D eigenvalue weighted by Gasteiger charge is 2.26. The van der Waals surface area contributed by atoms with Crippen LogP contribution in [-0.2, 0) is 0 Å². The molecule has 1 saturated heterocycles. The molecule has 0 aliphatic carbocycles. The number of pyridine rings is 1.